The highest BCUT2D eigenvalue weighted by Crippen LogP contribution is 2.25. The number of aromatic hydroxyl groups is 1. The second-order valence-electron chi connectivity index (χ2n) is 7.85. The number of rotatable bonds is 4. The van der Waals surface area contributed by atoms with E-state index in [0.717, 1.165) is 33.4 Å². The van der Waals surface area contributed by atoms with Gasteiger partial charge in [0, 0.05) is 22.6 Å². The molecule has 31 heavy (non-hydrogen) atoms. The molecule has 1 amide bonds. The highest BCUT2D eigenvalue weighted by molar-refractivity contribution is 6.01. The van der Waals surface area contributed by atoms with Gasteiger partial charge in [0.2, 0.25) is 0 Å². The molecular weight excluding hydrogens is 386 g/mol. The number of phenolic OH excluding ortho intramolecular Hbond substituents is 1. The molecule has 4 rings (SSSR count). The average molecular weight is 412 g/mol. The Morgan fingerprint density at radius 3 is 2.35 bits per heavy atom. The summed E-state index contributed by atoms with van der Waals surface area (Å²) in [6, 6.07) is 19.3. The Morgan fingerprint density at radius 1 is 0.935 bits per heavy atom. The van der Waals surface area contributed by atoms with Crippen molar-refractivity contribution < 1.29 is 9.90 Å². The molecule has 2 N–H and O–H groups in total. The van der Waals surface area contributed by atoms with Gasteiger partial charge in [0.1, 0.15) is 5.75 Å². The minimum Gasteiger partial charge on any atom is -0.507 e. The molecule has 156 valence electrons. The van der Waals surface area contributed by atoms with Crippen LogP contribution in [0.4, 0.5) is 0 Å². The smallest absolute Gasteiger partial charge is 0.275 e. The largest absolute Gasteiger partial charge is 0.507 e. The summed E-state index contributed by atoms with van der Waals surface area (Å²) in [4.78, 5) is 12.6. The molecule has 0 unspecified atom stereocenters. The first-order chi connectivity index (χ1) is 14.8. The van der Waals surface area contributed by atoms with Gasteiger partial charge in [-0.1, -0.05) is 30.3 Å². The van der Waals surface area contributed by atoms with Crippen molar-refractivity contribution in [2.75, 3.05) is 0 Å². The first kappa shape index (κ1) is 20.4. The SMILES string of the molecule is Cc1ccc(-n2c(C)cc(C=NNC(=O)c3cc4ccccc4cc3O)c2C)cc1C. The fourth-order valence-electron chi connectivity index (χ4n) is 3.81. The standard InChI is InChI=1S/C26H25N3O2/c1-16-9-10-23(11-17(16)2)29-18(3)12-22(19(29)4)15-27-28-26(31)24-13-20-7-5-6-8-21(20)14-25(24)30/h5-15,30H,1-4H3,(H,28,31). The Balaban J connectivity index is 1.56. The molecule has 0 saturated carbocycles. The van der Waals surface area contributed by atoms with Gasteiger partial charge < -0.3 is 9.67 Å². The number of carbonyl (C=O) groups is 1. The van der Waals surface area contributed by atoms with E-state index in [9.17, 15) is 9.90 Å². The van der Waals surface area contributed by atoms with Crippen LogP contribution < -0.4 is 5.43 Å². The van der Waals surface area contributed by atoms with E-state index in [-0.39, 0.29) is 11.3 Å². The molecule has 5 nitrogen and oxygen atoms in total. The summed E-state index contributed by atoms with van der Waals surface area (Å²) in [5, 5.41) is 16.1. The van der Waals surface area contributed by atoms with Crippen LogP contribution in [0.2, 0.25) is 0 Å². The molecule has 0 spiro atoms. The van der Waals surface area contributed by atoms with Crippen LogP contribution in [0.1, 0.15) is 38.4 Å². The number of aryl methyl sites for hydroxylation is 3. The van der Waals surface area contributed by atoms with Gasteiger partial charge in [-0.05, 0) is 79.9 Å². The van der Waals surface area contributed by atoms with E-state index < -0.39 is 5.91 Å². The second-order valence-corrected chi connectivity index (χ2v) is 7.85. The van der Waals surface area contributed by atoms with Crippen molar-refractivity contribution in [1.82, 2.24) is 9.99 Å². The van der Waals surface area contributed by atoms with Gasteiger partial charge in [-0.2, -0.15) is 5.10 Å². The zero-order valence-corrected chi connectivity index (χ0v) is 18.1. The van der Waals surface area contributed by atoms with E-state index in [2.05, 4.69) is 47.1 Å². The monoisotopic (exact) mass is 411 g/mol. The molecule has 0 aliphatic heterocycles. The number of phenols is 1. The molecule has 0 aliphatic carbocycles. The summed E-state index contributed by atoms with van der Waals surface area (Å²) in [5.74, 6) is -0.526. The van der Waals surface area contributed by atoms with Gasteiger partial charge in [-0.3, -0.25) is 4.79 Å². The molecule has 5 heteroatoms. The Kier molecular flexibility index (Phi) is 5.34. The molecule has 0 aliphatic rings. The first-order valence-corrected chi connectivity index (χ1v) is 10.2. The van der Waals surface area contributed by atoms with Crippen molar-refractivity contribution in [3.05, 3.63) is 94.3 Å². The van der Waals surface area contributed by atoms with Crippen molar-refractivity contribution in [2.24, 2.45) is 5.10 Å². The fourth-order valence-corrected chi connectivity index (χ4v) is 3.81. The maximum Gasteiger partial charge on any atom is 0.275 e. The van der Waals surface area contributed by atoms with Crippen molar-refractivity contribution in [2.45, 2.75) is 27.7 Å². The average Bonchev–Trinajstić information content (AvgIpc) is 3.02. The number of aromatic nitrogens is 1. The molecule has 0 radical (unpaired) electrons. The highest BCUT2D eigenvalue weighted by Gasteiger charge is 2.13. The minimum absolute atomic E-state index is 0.0701. The molecule has 4 aromatic rings. The number of benzene rings is 3. The van der Waals surface area contributed by atoms with Crippen LogP contribution in [0.5, 0.6) is 5.75 Å². The van der Waals surface area contributed by atoms with Crippen molar-refractivity contribution in [1.29, 1.82) is 0 Å². The predicted octanol–water partition coefficient (Wildman–Crippen LogP) is 5.33. The molecule has 1 aromatic heterocycles. The highest BCUT2D eigenvalue weighted by atomic mass is 16.3. The minimum atomic E-state index is -0.456. The second kappa shape index (κ2) is 8.11. The van der Waals surface area contributed by atoms with E-state index in [1.165, 1.54) is 11.1 Å². The van der Waals surface area contributed by atoms with E-state index in [1.807, 2.05) is 44.2 Å². The van der Waals surface area contributed by atoms with Crippen molar-refractivity contribution in [3.8, 4) is 11.4 Å². The molecular formula is C26H25N3O2. The normalized spacial score (nSPS) is 11.4. The third-order valence-corrected chi connectivity index (χ3v) is 5.70. The number of hydrogen-bond acceptors (Lipinski definition) is 3. The van der Waals surface area contributed by atoms with Gasteiger partial charge in [0.15, 0.2) is 0 Å². The van der Waals surface area contributed by atoms with Gasteiger partial charge >= 0.3 is 0 Å². The number of hydrogen-bond donors (Lipinski definition) is 2. The van der Waals surface area contributed by atoms with Crippen LogP contribution in [-0.2, 0) is 0 Å². The number of fused-ring (bicyclic) bond motifs is 1. The van der Waals surface area contributed by atoms with Crippen LogP contribution in [0.3, 0.4) is 0 Å². The Morgan fingerprint density at radius 2 is 1.65 bits per heavy atom. The van der Waals surface area contributed by atoms with E-state index in [0.29, 0.717) is 0 Å². The summed E-state index contributed by atoms with van der Waals surface area (Å²) in [6.45, 7) is 8.28. The third-order valence-electron chi connectivity index (χ3n) is 5.70. The third kappa shape index (κ3) is 3.94. The van der Waals surface area contributed by atoms with Crippen LogP contribution >= 0.6 is 0 Å². The quantitative estimate of drug-likeness (QED) is 0.352. The Hall–Kier alpha value is -3.86. The van der Waals surface area contributed by atoms with Crippen molar-refractivity contribution in [3.63, 3.8) is 0 Å². The number of hydrazone groups is 1. The Bertz CT molecular complexity index is 1330. The first-order valence-electron chi connectivity index (χ1n) is 10.2. The van der Waals surface area contributed by atoms with Gasteiger partial charge in [0.05, 0.1) is 11.8 Å². The summed E-state index contributed by atoms with van der Waals surface area (Å²) in [5.41, 5.74) is 9.35. The van der Waals surface area contributed by atoms with E-state index >= 15 is 0 Å². The summed E-state index contributed by atoms with van der Waals surface area (Å²) in [7, 11) is 0. The summed E-state index contributed by atoms with van der Waals surface area (Å²) < 4.78 is 2.17. The lowest BCUT2D eigenvalue weighted by molar-refractivity contribution is 0.0952. The molecule has 0 fully saturated rings. The summed E-state index contributed by atoms with van der Waals surface area (Å²) >= 11 is 0. The van der Waals surface area contributed by atoms with E-state index in [1.54, 1.807) is 18.3 Å². The number of nitrogens with one attached hydrogen (secondary N) is 1. The van der Waals surface area contributed by atoms with Crippen LogP contribution in [-0.4, -0.2) is 21.8 Å². The van der Waals surface area contributed by atoms with Gasteiger partial charge in [-0.25, -0.2) is 5.43 Å². The van der Waals surface area contributed by atoms with Crippen LogP contribution in [0.25, 0.3) is 16.5 Å². The van der Waals surface area contributed by atoms with Crippen molar-refractivity contribution >= 4 is 22.9 Å². The number of nitrogens with zero attached hydrogens (tertiary/aromatic N) is 2. The molecule has 1 heterocycles. The Labute approximate surface area is 181 Å². The topological polar surface area (TPSA) is 66.6 Å². The lowest BCUT2D eigenvalue weighted by Crippen LogP contribution is -2.17. The number of carbonyl (C=O) groups excluding carboxylic acids is 1. The molecule has 0 saturated heterocycles. The van der Waals surface area contributed by atoms with Gasteiger partial charge in [-0.15, -0.1) is 0 Å². The zero-order valence-electron chi connectivity index (χ0n) is 18.1. The fraction of sp³-hybridized carbons (Fsp3) is 0.154. The molecule has 0 atom stereocenters. The molecule has 0 bridgehead atoms. The van der Waals surface area contributed by atoms with Crippen LogP contribution in [0.15, 0.2) is 65.8 Å². The zero-order chi connectivity index (χ0) is 22.1. The number of amides is 1. The lowest BCUT2D eigenvalue weighted by atomic mass is 10.1. The van der Waals surface area contributed by atoms with E-state index in [4.69, 9.17) is 0 Å². The summed E-state index contributed by atoms with van der Waals surface area (Å²) in [6.07, 6.45) is 1.63. The molecule has 3 aromatic carbocycles. The predicted molar refractivity (Wildman–Crippen MR) is 125 cm³/mol. The maximum absolute atomic E-state index is 12.6. The van der Waals surface area contributed by atoms with Gasteiger partial charge in [0.25, 0.3) is 5.91 Å². The lowest BCUT2D eigenvalue weighted by Gasteiger charge is -2.11. The maximum atomic E-state index is 12.6. The van der Waals surface area contributed by atoms with Crippen LogP contribution in [0, 0.1) is 27.7 Å².